The monoisotopic (exact) mass is 244 g/mol. The Kier molecular flexibility index (Phi) is 4.43. The highest BCUT2D eigenvalue weighted by atomic mass is 32.2. The molecule has 1 N–H and O–H groups in total. The zero-order valence-corrected chi connectivity index (χ0v) is 10.4. The number of rotatable bonds is 4. The van der Waals surface area contributed by atoms with E-state index in [-0.39, 0.29) is 0 Å². The van der Waals surface area contributed by atoms with Gasteiger partial charge in [-0.25, -0.2) is 0 Å². The van der Waals surface area contributed by atoms with Gasteiger partial charge in [-0.05, 0) is 7.05 Å². The van der Waals surface area contributed by atoms with Crippen LogP contribution >= 0.6 is 23.1 Å². The molecule has 2 heterocycles. The van der Waals surface area contributed by atoms with Crippen LogP contribution < -0.4 is 5.32 Å². The Morgan fingerprint density at radius 2 is 2.67 bits per heavy atom. The first-order valence-electron chi connectivity index (χ1n) is 5.14. The van der Waals surface area contributed by atoms with Crippen LogP contribution in [-0.4, -0.2) is 42.3 Å². The van der Waals surface area contributed by atoms with Crippen LogP contribution in [0.3, 0.4) is 0 Å². The van der Waals surface area contributed by atoms with Crippen molar-refractivity contribution in [3.05, 3.63) is 16.6 Å². The Labute approximate surface area is 98.6 Å². The topological polar surface area (TPSA) is 34.2 Å². The van der Waals surface area contributed by atoms with Crippen LogP contribution in [0.4, 0.5) is 0 Å². The van der Waals surface area contributed by atoms with Gasteiger partial charge in [0.1, 0.15) is 0 Å². The first-order chi connectivity index (χ1) is 7.40. The van der Waals surface area contributed by atoms with Crippen LogP contribution in [0, 0.1) is 0 Å². The molecule has 1 aromatic rings. The molecule has 15 heavy (non-hydrogen) atoms. The molecule has 0 saturated carbocycles. The molecule has 0 bridgehead atoms. The van der Waals surface area contributed by atoms with E-state index in [2.05, 4.69) is 10.3 Å². The lowest BCUT2D eigenvalue weighted by atomic mass is 10.1. The summed E-state index contributed by atoms with van der Waals surface area (Å²) in [6.45, 7) is 0.885. The molecule has 84 valence electrons. The maximum Gasteiger partial charge on any atom is 0.0822 e. The van der Waals surface area contributed by atoms with Gasteiger partial charge in [-0.15, -0.1) is 11.3 Å². The number of thiazole rings is 1. The standard InChI is InChI=1S/C10H16N2OS2/c1-11-9(4-8-5-12-7-15-8)10-6-14-3-2-13-10/h5,7,9-11H,2-4,6H2,1H3. The van der Waals surface area contributed by atoms with E-state index in [1.165, 1.54) is 4.88 Å². The van der Waals surface area contributed by atoms with Crippen molar-refractivity contribution in [3.8, 4) is 0 Å². The first kappa shape index (κ1) is 11.4. The normalized spacial score (nSPS) is 23.9. The minimum absolute atomic E-state index is 0.343. The van der Waals surface area contributed by atoms with Gasteiger partial charge < -0.3 is 10.1 Å². The van der Waals surface area contributed by atoms with Crippen molar-refractivity contribution in [1.29, 1.82) is 0 Å². The molecule has 1 aliphatic rings. The highest BCUT2D eigenvalue weighted by Gasteiger charge is 2.24. The van der Waals surface area contributed by atoms with Gasteiger partial charge in [0, 0.05) is 35.0 Å². The molecule has 2 unspecified atom stereocenters. The van der Waals surface area contributed by atoms with Crippen molar-refractivity contribution in [3.63, 3.8) is 0 Å². The Hall–Kier alpha value is -0.100. The second kappa shape index (κ2) is 5.84. The molecule has 1 fully saturated rings. The number of hydrogen-bond donors (Lipinski definition) is 1. The maximum absolute atomic E-state index is 5.78. The summed E-state index contributed by atoms with van der Waals surface area (Å²) < 4.78 is 5.78. The molecule has 2 rings (SSSR count). The molecular formula is C10H16N2OS2. The number of hydrogen-bond acceptors (Lipinski definition) is 5. The minimum Gasteiger partial charge on any atom is -0.375 e. The summed E-state index contributed by atoms with van der Waals surface area (Å²) in [5.74, 6) is 2.23. The van der Waals surface area contributed by atoms with Crippen LogP contribution in [0.5, 0.6) is 0 Å². The zero-order valence-electron chi connectivity index (χ0n) is 8.81. The summed E-state index contributed by atoms with van der Waals surface area (Å²) in [6, 6.07) is 0.415. The van der Waals surface area contributed by atoms with E-state index in [4.69, 9.17) is 4.74 Å². The van der Waals surface area contributed by atoms with Gasteiger partial charge in [0.15, 0.2) is 0 Å². The third kappa shape index (κ3) is 3.17. The highest BCUT2D eigenvalue weighted by Crippen LogP contribution is 2.19. The average molecular weight is 244 g/mol. The largest absolute Gasteiger partial charge is 0.375 e. The van der Waals surface area contributed by atoms with E-state index in [1.54, 1.807) is 11.3 Å². The summed E-state index contributed by atoms with van der Waals surface area (Å²) in [6.07, 6.45) is 3.31. The summed E-state index contributed by atoms with van der Waals surface area (Å²) in [4.78, 5) is 5.43. The lowest BCUT2D eigenvalue weighted by Crippen LogP contribution is -2.44. The fraction of sp³-hybridized carbons (Fsp3) is 0.700. The summed E-state index contributed by atoms with van der Waals surface area (Å²) >= 11 is 3.70. The molecule has 2 atom stereocenters. The maximum atomic E-state index is 5.78. The van der Waals surface area contributed by atoms with Crippen LogP contribution in [0.2, 0.25) is 0 Å². The fourth-order valence-electron chi connectivity index (χ4n) is 1.72. The molecular weight excluding hydrogens is 228 g/mol. The molecule has 0 aliphatic carbocycles. The van der Waals surface area contributed by atoms with Gasteiger partial charge in [-0.1, -0.05) is 0 Å². The van der Waals surface area contributed by atoms with Crippen LogP contribution in [0.1, 0.15) is 4.88 Å². The molecule has 0 radical (unpaired) electrons. The van der Waals surface area contributed by atoms with Crippen molar-refractivity contribution >= 4 is 23.1 Å². The summed E-state index contributed by atoms with van der Waals surface area (Å²) in [5, 5.41) is 3.35. The van der Waals surface area contributed by atoms with E-state index >= 15 is 0 Å². The smallest absolute Gasteiger partial charge is 0.0822 e. The van der Waals surface area contributed by atoms with Gasteiger partial charge in [-0.3, -0.25) is 4.98 Å². The van der Waals surface area contributed by atoms with Crippen LogP contribution in [0.15, 0.2) is 11.7 Å². The molecule has 1 aromatic heterocycles. The highest BCUT2D eigenvalue weighted by molar-refractivity contribution is 7.99. The molecule has 0 aromatic carbocycles. The van der Waals surface area contributed by atoms with Crippen molar-refractivity contribution in [1.82, 2.24) is 10.3 Å². The Balaban J connectivity index is 1.91. The van der Waals surface area contributed by atoms with Gasteiger partial charge >= 0.3 is 0 Å². The molecule has 3 nitrogen and oxygen atoms in total. The molecule has 1 saturated heterocycles. The lowest BCUT2D eigenvalue weighted by molar-refractivity contribution is 0.0494. The zero-order chi connectivity index (χ0) is 10.5. The molecule has 5 heteroatoms. The van der Waals surface area contributed by atoms with Crippen LogP contribution in [0.25, 0.3) is 0 Å². The first-order valence-corrected chi connectivity index (χ1v) is 7.17. The van der Waals surface area contributed by atoms with E-state index in [0.717, 1.165) is 24.5 Å². The van der Waals surface area contributed by atoms with Crippen molar-refractivity contribution in [2.45, 2.75) is 18.6 Å². The van der Waals surface area contributed by atoms with E-state index in [9.17, 15) is 0 Å². The second-order valence-corrected chi connectivity index (χ2v) is 5.67. The Morgan fingerprint density at radius 1 is 1.73 bits per heavy atom. The van der Waals surface area contributed by atoms with Crippen molar-refractivity contribution < 1.29 is 4.74 Å². The summed E-state index contributed by atoms with van der Waals surface area (Å²) in [7, 11) is 2.01. The third-order valence-corrected chi connectivity index (χ3v) is 4.39. The second-order valence-electron chi connectivity index (χ2n) is 3.55. The third-order valence-electron chi connectivity index (χ3n) is 2.57. The quantitative estimate of drug-likeness (QED) is 0.868. The predicted molar refractivity (Wildman–Crippen MR) is 65.7 cm³/mol. The number of aromatic nitrogens is 1. The van der Waals surface area contributed by atoms with E-state index < -0.39 is 0 Å². The number of likely N-dealkylation sites (N-methyl/N-ethyl adjacent to an activating group) is 1. The van der Waals surface area contributed by atoms with Gasteiger partial charge in [0.2, 0.25) is 0 Å². The number of ether oxygens (including phenoxy) is 1. The van der Waals surface area contributed by atoms with Gasteiger partial charge in [-0.2, -0.15) is 11.8 Å². The molecule has 1 aliphatic heterocycles. The van der Waals surface area contributed by atoms with Gasteiger partial charge in [0.25, 0.3) is 0 Å². The molecule has 0 amide bonds. The minimum atomic E-state index is 0.343. The number of nitrogens with zero attached hydrogens (tertiary/aromatic N) is 1. The average Bonchev–Trinajstić information content (AvgIpc) is 2.80. The molecule has 0 spiro atoms. The SMILES string of the molecule is CNC(Cc1cncs1)C1CSCCO1. The van der Waals surface area contributed by atoms with E-state index in [0.29, 0.717) is 12.1 Å². The van der Waals surface area contributed by atoms with Crippen molar-refractivity contribution in [2.75, 3.05) is 25.2 Å². The number of nitrogens with one attached hydrogen (secondary N) is 1. The van der Waals surface area contributed by atoms with Crippen molar-refractivity contribution in [2.24, 2.45) is 0 Å². The lowest BCUT2D eigenvalue weighted by Gasteiger charge is -2.29. The van der Waals surface area contributed by atoms with Crippen LogP contribution in [-0.2, 0) is 11.2 Å². The Morgan fingerprint density at radius 3 is 3.27 bits per heavy atom. The summed E-state index contributed by atoms with van der Waals surface area (Å²) in [5.41, 5.74) is 1.89. The van der Waals surface area contributed by atoms with Gasteiger partial charge in [0.05, 0.1) is 18.2 Å². The predicted octanol–water partition coefficient (Wildman–Crippen LogP) is 1.41. The number of thioether (sulfide) groups is 1. The fourth-order valence-corrected chi connectivity index (χ4v) is 3.31. The Bertz CT molecular complexity index is 273. The van der Waals surface area contributed by atoms with E-state index in [1.807, 2.05) is 30.5 Å².